The van der Waals surface area contributed by atoms with E-state index in [-0.39, 0.29) is 17.2 Å². The molecule has 1 heterocycles. The minimum Gasteiger partial charge on any atom is -0.461 e. The first kappa shape index (κ1) is 17.7. The number of aromatic amines is 1. The maximum absolute atomic E-state index is 12.4. The second-order valence-corrected chi connectivity index (χ2v) is 7.08. The van der Waals surface area contributed by atoms with E-state index in [2.05, 4.69) is 9.71 Å². The average molecular weight is 316 g/mol. The number of carbonyl (C=O) groups excluding carboxylic acids is 1. The Bertz CT molecular complexity index is 603. The topological polar surface area (TPSA) is 88.3 Å². The van der Waals surface area contributed by atoms with Crippen LogP contribution in [-0.2, 0) is 14.8 Å². The molecule has 0 aromatic carbocycles. The lowest BCUT2D eigenvalue weighted by atomic mass is 10.1. The van der Waals surface area contributed by atoms with E-state index >= 15 is 0 Å². The molecule has 6 nitrogen and oxygen atoms in total. The summed E-state index contributed by atoms with van der Waals surface area (Å²) in [5, 5.41) is 0. The van der Waals surface area contributed by atoms with Crippen molar-refractivity contribution >= 4 is 16.0 Å². The Morgan fingerprint density at radius 2 is 1.95 bits per heavy atom. The molecule has 0 saturated heterocycles. The molecule has 0 aliphatic heterocycles. The Labute approximate surface area is 126 Å². The molecule has 0 saturated carbocycles. The quantitative estimate of drug-likeness (QED) is 0.754. The van der Waals surface area contributed by atoms with Gasteiger partial charge in [-0.15, -0.1) is 0 Å². The second-order valence-electron chi connectivity index (χ2n) is 5.38. The lowest BCUT2D eigenvalue weighted by Gasteiger charge is -2.09. The zero-order valence-electron chi connectivity index (χ0n) is 13.2. The molecule has 0 atom stereocenters. The molecule has 0 aliphatic rings. The first-order valence-electron chi connectivity index (χ1n) is 7.06. The fourth-order valence-electron chi connectivity index (χ4n) is 2.10. The summed E-state index contributed by atoms with van der Waals surface area (Å²) in [5.74, 6) is -0.127. The predicted octanol–water partition coefficient (Wildman–Crippen LogP) is 2.13. The molecule has 1 aromatic heterocycles. The van der Waals surface area contributed by atoms with Gasteiger partial charge in [-0.3, -0.25) is 0 Å². The fourth-order valence-corrected chi connectivity index (χ4v) is 3.59. The molecule has 7 heteroatoms. The Balaban J connectivity index is 3.05. The van der Waals surface area contributed by atoms with Crippen LogP contribution < -0.4 is 4.72 Å². The molecule has 0 bridgehead atoms. The molecule has 120 valence electrons. The highest BCUT2D eigenvalue weighted by atomic mass is 32.2. The maximum atomic E-state index is 12.4. The van der Waals surface area contributed by atoms with Crippen LogP contribution in [0, 0.1) is 19.8 Å². The molecular formula is C14H24N2O4S. The zero-order chi connectivity index (χ0) is 16.2. The molecule has 0 fully saturated rings. The smallest absolute Gasteiger partial charge is 0.355 e. The van der Waals surface area contributed by atoms with Crippen LogP contribution in [0.3, 0.4) is 0 Å². The van der Waals surface area contributed by atoms with Crippen molar-refractivity contribution in [2.75, 3.05) is 13.2 Å². The third-order valence-electron chi connectivity index (χ3n) is 3.13. The van der Waals surface area contributed by atoms with E-state index in [0.29, 0.717) is 23.7 Å². The average Bonchev–Trinajstić information content (AvgIpc) is 2.64. The monoisotopic (exact) mass is 316 g/mol. The number of rotatable bonds is 7. The summed E-state index contributed by atoms with van der Waals surface area (Å²) in [6.45, 7) is 9.61. The number of sulfonamides is 1. The fraction of sp³-hybridized carbons (Fsp3) is 0.643. The normalized spacial score (nSPS) is 11.9. The molecular weight excluding hydrogens is 292 g/mol. The highest BCUT2D eigenvalue weighted by Gasteiger charge is 2.26. The third-order valence-corrected chi connectivity index (χ3v) is 4.86. The first-order valence-corrected chi connectivity index (χ1v) is 8.55. The van der Waals surface area contributed by atoms with Crippen molar-refractivity contribution in [3.8, 4) is 0 Å². The van der Waals surface area contributed by atoms with Crippen LogP contribution >= 0.6 is 0 Å². The van der Waals surface area contributed by atoms with Gasteiger partial charge < -0.3 is 9.72 Å². The minimum absolute atomic E-state index is 0.134. The Morgan fingerprint density at radius 1 is 1.33 bits per heavy atom. The van der Waals surface area contributed by atoms with E-state index in [1.54, 1.807) is 20.8 Å². The van der Waals surface area contributed by atoms with Crippen LogP contribution in [0.4, 0.5) is 0 Å². The molecule has 0 aliphatic carbocycles. The van der Waals surface area contributed by atoms with E-state index in [4.69, 9.17) is 4.74 Å². The van der Waals surface area contributed by atoms with Gasteiger partial charge >= 0.3 is 5.97 Å². The molecule has 0 spiro atoms. The van der Waals surface area contributed by atoms with Gasteiger partial charge in [0.1, 0.15) is 10.6 Å². The summed E-state index contributed by atoms with van der Waals surface area (Å²) in [6.07, 6.45) is 0.756. The maximum Gasteiger partial charge on any atom is 0.355 e. The zero-order valence-corrected chi connectivity index (χ0v) is 14.1. The van der Waals surface area contributed by atoms with Crippen LogP contribution in [-0.4, -0.2) is 32.5 Å². The van der Waals surface area contributed by atoms with Gasteiger partial charge in [-0.05, 0) is 33.1 Å². The van der Waals surface area contributed by atoms with Crippen molar-refractivity contribution in [3.63, 3.8) is 0 Å². The summed E-state index contributed by atoms with van der Waals surface area (Å²) < 4.78 is 32.2. The molecule has 1 aromatic rings. The molecule has 1 rings (SSSR count). The van der Waals surface area contributed by atoms with Crippen molar-refractivity contribution in [2.45, 2.75) is 45.9 Å². The summed E-state index contributed by atoms with van der Waals surface area (Å²) in [6, 6.07) is 0. The summed E-state index contributed by atoms with van der Waals surface area (Å²) >= 11 is 0. The Morgan fingerprint density at radius 3 is 2.48 bits per heavy atom. The molecule has 0 radical (unpaired) electrons. The van der Waals surface area contributed by atoms with Gasteiger partial charge in [-0.25, -0.2) is 17.9 Å². The van der Waals surface area contributed by atoms with Crippen LogP contribution in [0.25, 0.3) is 0 Å². The standard InChI is InChI=1S/C14H24N2O4S/c1-6-20-14(17)12-10(4)13(11(5)16-12)21(18,19)15-8-7-9(2)3/h9,15-16H,6-8H2,1-5H3. The van der Waals surface area contributed by atoms with Crippen LogP contribution in [0.1, 0.15) is 48.9 Å². The van der Waals surface area contributed by atoms with Crippen molar-refractivity contribution in [2.24, 2.45) is 5.92 Å². The van der Waals surface area contributed by atoms with Gasteiger partial charge in [-0.1, -0.05) is 13.8 Å². The minimum atomic E-state index is -3.63. The SMILES string of the molecule is CCOC(=O)c1[nH]c(C)c(S(=O)(=O)NCCC(C)C)c1C. The van der Waals surface area contributed by atoms with Crippen LogP contribution in [0.5, 0.6) is 0 Å². The van der Waals surface area contributed by atoms with Crippen molar-refractivity contribution in [1.82, 2.24) is 9.71 Å². The number of aromatic nitrogens is 1. The van der Waals surface area contributed by atoms with Crippen LogP contribution in [0.2, 0.25) is 0 Å². The lowest BCUT2D eigenvalue weighted by molar-refractivity contribution is 0.0519. The number of nitrogens with one attached hydrogen (secondary N) is 2. The number of esters is 1. The number of ether oxygens (including phenoxy) is 1. The van der Waals surface area contributed by atoms with Gasteiger partial charge in [0.05, 0.1) is 6.61 Å². The Kier molecular flexibility index (Phi) is 5.98. The Hall–Kier alpha value is -1.34. The van der Waals surface area contributed by atoms with Crippen LogP contribution in [0.15, 0.2) is 4.90 Å². The second kappa shape index (κ2) is 7.09. The van der Waals surface area contributed by atoms with E-state index < -0.39 is 16.0 Å². The number of carbonyl (C=O) groups is 1. The molecule has 21 heavy (non-hydrogen) atoms. The van der Waals surface area contributed by atoms with E-state index in [9.17, 15) is 13.2 Å². The molecule has 0 unspecified atom stereocenters. The highest BCUT2D eigenvalue weighted by molar-refractivity contribution is 7.89. The third kappa shape index (κ3) is 4.31. The highest BCUT2D eigenvalue weighted by Crippen LogP contribution is 2.23. The van der Waals surface area contributed by atoms with E-state index in [1.807, 2.05) is 13.8 Å². The summed E-state index contributed by atoms with van der Waals surface area (Å²) in [4.78, 5) is 14.7. The summed E-state index contributed by atoms with van der Waals surface area (Å²) in [5.41, 5.74) is 1.02. The largest absolute Gasteiger partial charge is 0.461 e. The molecule has 0 amide bonds. The van der Waals surface area contributed by atoms with Gasteiger partial charge in [0.15, 0.2) is 0 Å². The van der Waals surface area contributed by atoms with Gasteiger partial charge in [0, 0.05) is 17.8 Å². The van der Waals surface area contributed by atoms with Crippen molar-refractivity contribution in [3.05, 3.63) is 17.0 Å². The summed E-state index contributed by atoms with van der Waals surface area (Å²) in [7, 11) is -3.63. The van der Waals surface area contributed by atoms with E-state index in [0.717, 1.165) is 6.42 Å². The van der Waals surface area contributed by atoms with E-state index in [1.165, 1.54) is 0 Å². The van der Waals surface area contributed by atoms with Gasteiger partial charge in [0.25, 0.3) is 0 Å². The predicted molar refractivity (Wildman–Crippen MR) is 80.9 cm³/mol. The van der Waals surface area contributed by atoms with Gasteiger partial charge in [0.2, 0.25) is 10.0 Å². The van der Waals surface area contributed by atoms with Crippen molar-refractivity contribution < 1.29 is 17.9 Å². The number of aryl methyl sites for hydroxylation is 1. The lowest BCUT2D eigenvalue weighted by Crippen LogP contribution is -2.26. The number of hydrogen-bond acceptors (Lipinski definition) is 4. The number of H-pyrrole nitrogens is 1. The number of hydrogen-bond donors (Lipinski definition) is 2. The van der Waals surface area contributed by atoms with Gasteiger partial charge in [-0.2, -0.15) is 0 Å². The first-order chi connectivity index (χ1) is 9.70. The van der Waals surface area contributed by atoms with Crippen molar-refractivity contribution in [1.29, 1.82) is 0 Å². The molecule has 2 N–H and O–H groups in total.